The van der Waals surface area contributed by atoms with Crippen LogP contribution in [-0.2, 0) is 6.54 Å². The van der Waals surface area contributed by atoms with E-state index in [1.165, 1.54) is 26.4 Å². The maximum absolute atomic E-state index is 13.2. The average molecular weight is 338 g/mol. The molecule has 122 valence electrons. The molecule has 1 amide bonds. The minimum absolute atomic E-state index is 0.272. The number of carbonyl (C=O) groups excluding carboxylic acids is 1. The van der Waals surface area contributed by atoms with Gasteiger partial charge in [0.15, 0.2) is 11.5 Å². The van der Waals surface area contributed by atoms with E-state index in [4.69, 9.17) is 21.1 Å². The largest absolute Gasteiger partial charge is 0.493 e. The van der Waals surface area contributed by atoms with Gasteiger partial charge in [0.2, 0.25) is 0 Å². The van der Waals surface area contributed by atoms with Crippen molar-refractivity contribution < 1.29 is 18.7 Å². The molecule has 0 aliphatic heterocycles. The second-order valence-corrected chi connectivity index (χ2v) is 5.37. The third-order valence-corrected chi connectivity index (χ3v) is 3.65. The van der Waals surface area contributed by atoms with E-state index in [2.05, 4.69) is 5.32 Å². The van der Waals surface area contributed by atoms with E-state index in [0.717, 1.165) is 5.56 Å². The van der Waals surface area contributed by atoms with Crippen LogP contribution >= 0.6 is 11.6 Å². The zero-order valence-corrected chi connectivity index (χ0v) is 13.8. The highest BCUT2D eigenvalue weighted by atomic mass is 35.5. The Kier molecular flexibility index (Phi) is 5.45. The van der Waals surface area contributed by atoms with Crippen LogP contribution in [0.25, 0.3) is 0 Å². The van der Waals surface area contributed by atoms with Gasteiger partial charge in [-0.15, -0.1) is 0 Å². The number of rotatable bonds is 5. The first-order valence-electron chi connectivity index (χ1n) is 6.91. The summed E-state index contributed by atoms with van der Waals surface area (Å²) in [5.41, 5.74) is 1.70. The van der Waals surface area contributed by atoms with Gasteiger partial charge in [0.05, 0.1) is 19.2 Å². The van der Waals surface area contributed by atoms with E-state index >= 15 is 0 Å². The van der Waals surface area contributed by atoms with Crippen LogP contribution < -0.4 is 14.8 Å². The minimum atomic E-state index is -0.310. The van der Waals surface area contributed by atoms with Gasteiger partial charge >= 0.3 is 0 Å². The standard InChI is InChI=1S/C17H17ClFNO3/c1-10-6-11(4-5-14(10)19)9-20-17(21)12-7-13(18)16(23-3)15(8-12)22-2/h4-8H,9H2,1-3H3,(H,20,21). The van der Waals surface area contributed by atoms with Crippen molar-refractivity contribution in [1.82, 2.24) is 5.32 Å². The Hall–Kier alpha value is -2.27. The molecule has 0 saturated heterocycles. The third-order valence-electron chi connectivity index (χ3n) is 3.37. The summed E-state index contributed by atoms with van der Waals surface area (Å²) >= 11 is 6.09. The Morgan fingerprint density at radius 1 is 1.22 bits per heavy atom. The lowest BCUT2D eigenvalue weighted by Gasteiger charge is -2.12. The Balaban J connectivity index is 2.14. The highest BCUT2D eigenvalue weighted by molar-refractivity contribution is 6.32. The first kappa shape index (κ1) is 17.1. The monoisotopic (exact) mass is 337 g/mol. The van der Waals surface area contributed by atoms with Crippen LogP contribution in [0.5, 0.6) is 11.5 Å². The molecule has 0 bridgehead atoms. The number of aryl methyl sites for hydroxylation is 1. The highest BCUT2D eigenvalue weighted by Crippen LogP contribution is 2.35. The van der Waals surface area contributed by atoms with Crippen molar-refractivity contribution in [3.63, 3.8) is 0 Å². The number of benzene rings is 2. The van der Waals surface area contributed by atoms with Crippen molar-refractivity contribution in [2.24, 2.45) is 0 Å². The molecule has 2 aromatic rings. The molecule has 23 heavy (non-hydrogen) atoms. The topological polar surface area (TPSA) is 47.6 Å². The van der Waals surface area contributed by atoms with Gasteiger partial charge in [-0.2, -0.15) is 0 Å². The van der Waals surface area contributed by atoms with E-state index < -0.39 is 0 Å². The molecular weight excluding hydrogens is 321 g/mol. The summed E-state index contributed by atoms with van der Waals surface area (Å²) in [4.78, 5) is 12.2. The van der Waals surface area contributed by atoms with Crippen molar-refractivity contribution in [3.8, 4) is 11.5 Å². The molecular formula is C17H17ClFNO3. The van der Waals surface area contributed by atoms with Crippen molar-refractivity contribution in [2.75, 3.05) is 14.2 Å². The fourth-order valence-corrected chi connectivity index (χ4v) is 2.44. The smallest absolute Gasteiger partial charge is 0.251 e. The number of ether oxygens (including phenoxy) is 2. The number of methoxy groups -OCH3 is 2. The SMILES string of the molecule is COc1cc(C(=O)NCc2ccc(F)c(C)c2)cc(Cl)c1OC. The summed E-state index contributed by atoms with van der Waals surface area (Å²) in [5, 5.41) is 3.05. The van der Waals surface area contributed by atoms with Crippen LogP contribution in [0.4, 0.5) is 4.39 Å². The molecule has 4 nitrogen and oxygen atoms in total. The Morgan fingerprint density at radius 2 is 1.96 bits per heavy atom. The van der Waals surface area contributed by atoms with Gasteiger partial charge in [-0.05, 0) is 36.2 Å². The molecule has 0 aliphatic rings. The van der Waals surface area contributed by atoms with Gasteiger partial charge in [0.25, 0.3) is 5.91 Å². The van der Waals surface area contributed by atoms with Crippen LogP contribution in [0, 0.1) is 12.7 Å². The lowest BCUT2D eigenvalue weighted by Crippen LogP contribution is -2.23. The molecule has 0 heterocycles. The minimum Gasteiger partial charge on any atom is -0.493 e. The summed E-state index contributed by atoms with van der Waals surface area (Å²) in [5.74, 6) is 0.171. The predicted molar refractivity (Wildman–Crippen MR) is 86.9 cm³/mol. The molecule has 0 aromatic heterocycles. The van der Waals surface area contributed by atoms with Crippen molar-refractivity contribution >= 4 is 17.5 Å². The molecule has 0 spiro atoms. The van der Waals surface area contributed by atoms with E-state index in [1.807, 2.05) is 0 Å². The molecule has 2 rings (SSSR count). The fourth-order valence-electron chi connectivity index (χ4n) is 2.15. The number of carbonyl (C=O) groups is 1. The second kappa shape index (κ2) is 7.33. The lowest BCUT2D eigenvalue weighted by molar-refractivity contribution is 0.0950. The summed E-state index contributed by atoms with van der Waals surface area (Å²) < 4.78 is 23.5. The Labute approximate surface area is 139 Å². The third kappa shape index (κ3) is 3.93. The quantitative estimate of drug-likeness (QED) is 0.904. The van der Waals surface area contributed by atoms with E-state index in [-0.39, 0.29) is 23.3 Å². The van der Waals surface area contributed by atoms with E-state index in [9.17, 15) is 9.18 Å². The predicted octanol–water partition coefficient (Wildman–Crippen LogP) is 3.73. The van der Waals surface area contributed by atoms with Gasteiger partial charge in [-0.25, -0.2) is 4.39 Å². The van der Waals surface area contributed by atoms with Crippen LogP contribution in [0.15, 0.2) is 30.3 Å². The first-order valence-corrected chi connectivity index (χ1v) is 7.28. The second-order valence-electron chi connectivity index (χ2n) is 4.96. The Morgan fingerprint density at radius 3 is 2.57 bits per heavy atom. The van der Waals surface area contributed by atoms with Crippen molar-refractivity contribution in [3.05, 3.63) is 57.9 Å². The molecule has 0 radical (unpaired) electrons. The van der Waals surface area contributed by atoms with Gasteiger partial charge in [0, 0.05) is 12.1 Å². The van der Waals surface area contributed by atoms with Crippen molar-refractivity contribution in [2.45, 2.75) is 13.5 Å². The maximum atomic E-state index is 13.2. The molecule has 0 atom stereocenters. The summed E-state index contributed by atoms with van der Waals surface area (Å²) in [7, 11) is 2.94. The Bertz CT molecular complexity index is 734. The van der Waals surface area contributed by atoms with Crippen LogP contribution in [0.2, 0.25) is 5.02 Å². The van der Waals surface area contributed by atoms with Crippen LogP contribution in [0.3, 0.4) is 0 Å². The average Bonchev–Trinajstić information content (AvgIpc) is 2.54. The summed E-state index contributed by atoms with van der Waals surface area (Å²) in [6.45, 7) is 1.96. The number of hydrogen-bond acceptors (Lipinski definition) is 3. The maximum Gasteiger partial charge on any atom is 0.251 e. The van der Waals surface area contributed by atoms with Gasteiger partial charge in [-0.3, -0.25) is 4.79 Å². The van der Waals surface area contributed by atoms with Gasteiger partial charge in [-0.1, -0.05) is 23.7 Å². The molecule has 2 aromatic carbocycles. The molecule has 0 aliphatic carbocycles. The molecule has 1 N–H and O–H groups in total. The normalized spacial score (nSPS) is 10.3. The number of amides is 1. The number of hydrogen-bond donors (Lipinski definition) is 1. The van der Waals surface area contributed by atoms with E-state index in [0.29, 0.717) is 22.6 Å². The highest BCUT2D eigenvalue weighted by Gasteiger charge is 2.15. The molecule has 0 saturated carbocycles. The number of nitrogens with one attached hydrogen (secondary N) is 1. The van der Waals surface area contributed by atoms with Crippen LogP contribution in [-0.4, -0.2) is 20.1 Å². The summed E-state index contributed by atoms with van der Waals surface area (Å²) in [6, 6.07) is 7.76. The zero-order chi connectivity index (χ0) is 17.0. The van der Waals surface area contributed by atoms with Gasteiger partial charge in [0.1, 0.15) is 5.82 Å². The van der Waals surface area contributed by atoms with Crippen LogP contribution in [0.1, 0.15) is 21.5 Å². The first-order chi connectivity index (χ1) is 11.0. The molecule has 0 fully saturated rings. The molecule has 6 heteroatoms. The fraction of sp³-hybridized carbons (Fsp3) is 0.235. The molecule has 0 unspecified atom stereocenters. The van der Waals surface area contributed by atoms with Crippen molar-refractivity contribution in [1.29, 1.82) is 0 Å². The summed E-state index contributed by atoms with van der Waals surface area (Å²) in [6.07, 6.45) is 0. The van der Waals surface area contributed by atoms with E-state index in [1.54, 1.807) is 25.1 Å². The van der Waals surface area contributed by atoms with Gasteiger partial charge < -0.3 is 14.8 Å². The lowest BCUT2D eigenvalue weighted by atomic mass is 10.1. The zero-order valence-electron chi connectivity index (χ0n) is 13.1. The number of halogens is 2.